The molecule has 0 saturated carbocycles. The summed E-state index contributed by atoms with van der Waals surface area (Å²) < 4.78 is 15.9. The fourth-order valence-electron chi connectivity index (χ4n) is 3.97. The van der Waals surface area contributed by atoms with Gasteiger partial charge < -0.3 is 19.9 Å². The molecule has 33 heavy (non-hydrogen) atoms. The molecule has 174 valence electrons. The van der Waals surface area contributed by atoms with Crippen LogP contribution < -0.4 is 15.2 Å². The maximum absolute atomic E-state index is 12.7. The molecule has 0 bridgehead atoms. The van der Waals surface area contributed by atoms with Crippen LogP contribution in [0.25, 0.3) is 10.2 Å². The van der Waals surface area contributed by atoms with Gasteiger partial charge in [-0.3, -0.25) is 10.1 Å². The molecule has 1 aliphatic rings. The van der Waals surface area contributed by atoms with Crippen LogP contribution in [0.2, 0.25) is 0 Å². The van der Waals surface area contributed by atoms with Crippen LogP contribution in [-0.2, 0) is 24.2 Å². The molecular formula is C22H24N4O6S. The van der Waals surface area contributed by atoms with Crippen LogP contribution in [0.15, 0.2) is 12.1 Å². The average Bonchev–Trinajstić information content (AvgIpc) is 2.99. The highest BCUT2D eigenvalue weighted by Crippen LogP contribution is 2.38. The lowest BCUT2D eigenvalue weighted by molar-refractivity contribution is -0.385. The number of fused-ring (bicyclic) bond motifs is 3. The van der Waals surface area contributed by atoms with Crippen LogP contribution in [0.4, 0.5) is 11.5 Å². The Hall–Kier alpha value is -3.47. The number of aromatic nitrogens is 2. The van der Waals surface area contributed by atoms with E-state index in [-0.39, 0.29) is 29.5 Å². The van der Waals surface area contributed by atoms with Crippen molar-refractivity contribution in [1.29, 1.82) is 0 Å². The Morgan fingerprint density at radius 3 is 2.73 bits per heavy atom. The van der Waals surface area contributed by atoms with Crippen LogP contribution in [0.5, 0.6) is 11.5 Å². The van der Waals surface area contributed by atoms with Gasteiger partial charge >= 0.3 is 5.97 Å². The maximum Gasteiger partial charge on any atom is 0.345 e. The second-order valence-corrected chi connectivity index (χ2v) is 8.64. The number of nitro benzene ring substituents is 1. The number of hydrogen-bond acceptors (Lipinski definition) is 10. The highest BCUT2D eigenvalue weighted by molar-refractivity contribution is 7.19. The van der Waals surface area contributed by atoms with E-state index in [0.717, 1.165) is 42.0 Å². The number of carbonyl (C=O) groups is 1. The lowest BCUT2D eigenvalue weighted by Gasteiger charge is -2.11. The van der Waals surface area contributed by atoms with Crippen molar-refractivity contribution in [3.05, 3.63) is 44.1 Å². The lowest BCUT2D eigenvalue weighted by Crippen LogP contribution is -2.11. The molecule has 10 nitrogen and oxygen atoms in total. The molecule has 2 heterocycles. The maximum atomic E-state index is 12.7. The van der Waals surface area contributed by atoms with Crippen molar-refractivity contribution in [2.45, 2.75) is 45.6 Å². The normalized spacial score (nSPS) is 13.3. The smallest absolute Gasteiger partial charge is 0.345 e. The standard InChI is InChI=1S/C22H24N4O6S/c1-3-31-16-9-13(14(26(28)29)10-15(16)30-2)22(27)32-11-18-24-20(23)19-12-7-5-4-6-8-17(12)33-21(19)25-18/h9-10H,3-8,11H2,1-2H3,(H2,23,24,25). The summed E-state index contributed by atoms with van der Waals surface area (Å²) >= 11 is 1.60. The number of rotatable bonds is 7. The molecule has 1 aliphatic carbocycles. The molecule has 0 fully saturated rings. The van der Waals surface area contributed by atoms with Gasteiger partial charge in [0.25, 0.3) is 5.69 Å². The number of nitrogen functional groups attached to an aromatic ring is 1. The summed E-state index contributed by atoms with van der Waals surface area (Å²) in [7, 11) is 1.36. The van der Waals surface area contributed by atoms with E-state index in [1.165, 1.54) is 30.0 Å². The number of anilines is 1. The van der Waals surface area contributed by atoms with Crippen molar-refractivity contribution in [2.75, 3.05) is 19.5 Å². The zero-order valence-corrected chi connectivity index (χ0v) is 19.2. The van der Waals surface area contributed by atoms with E-state index in [0.29, 0.717) is 12.4 Å². The Bertz CT molecular complexity index is 1230. The monoisotopic (exact) mass is 472 g/mol. The second-order valence-electron chi connectivity index (χ2n) is 7.56. The summed E-state index contributed by atoms with van der Waals surface area (Å²) in [5, 5.41) is 12.4. The number of hydrogen-bond donors (Lipinski definition) is 1. The van der Waals surface area contributed by atoms with Gasteiger partial charge in [0.2, 0.25) is 0 Å². The molecule has 0 spiro atoms. The molecule has 2 N–H and O–H groups in total. The quantitative estimate of drug-likeness (QED) is 0.232. The Labute approximate surface area is 193 Å². The first-order chi connectivity index (χ1) is 15.9. The molecular weight excluding hydrogens is 448 g/mol. The van der Waals surface area contributed by atoms with Crippen LogP contribution in [0, 0.1) is 10.1 Å². The fraction of sp³-hybridized carbons (Fsp3) is 0.409. The van der Waals surface area contributed by atoms with Gasteiger partial charge in [0, 0.05) is 10.9 Å². The Balaban J connectivity index is 1.60. The molecule has 2 aromatic heterocycles. The first-order valence-corrected chi connectivity index (χ1v) is 11.5. The number of ether oxygens (including phenoxy) is 3. The van der Waals surface area contributed by atoms with E-state index in [2.05, 4.69) is 9.97 Å². The summed E-state index contributed by atoms with van der Waals surface area (Å²) in [4.78, 5) is 34.5. The topological polar surface area (TPSA) is 140 Å². The Kier molecular flexibility index (Phi) is 6.59. The zero-order valence-electron chi connectivity index (χ0n) is 18.4. The number of esters is 1. The van der Waals surface area contributed by atoms with Gasteiger partial charge in [-0.15, -0.1) is 11.3 Å². The molecule has 0 aliphatic heterocycles. The third-order valence-corrected chi connectivity index (χ3v) is 6.66. The van der Waals surface area contributed by atoms with Gasteiger partial charge in [-0.2, -0.15) is 0 Å². The number of thiophene rings is 1. The second kappa shape index (κ2) is 9.57. The number of carbonyl (C=O) groups excluding carboxylic acids is 1. The number of methoxy groups -OCH3 is 1. The molecule has 0 radical (unpaired) electrons. The highest BCUT2D eigenvalue weighted by atomic mass is 32.1. The SMILES string of the molecule is CCOc1cc(C(=O)OCc2nc(N)c3c4c(sc3n2)CCCCC4)c([N+](=O)[O-])cc1OC. The minimum absolute atomic E-state index is 0.152. The molecule has 0 saturated heterocycles. The number of nitrogens with two attached hydrogens (primary N) is 1. The van der Waals surface area contributed by atoms with Crippen molar-refractivity contribution in [1.82, 2.24) is 9.97 Å². The number of aryl methyl sites for hydroxylation is 2. The third-order valence-electron chi connectivity index (χ3n) is 5.47. The number of nitro groups is 1. The van der Waals surface area contributed by atoms with Crippen molar-refractivity contribution < 1.29 is 23.9 Å². The van der Waals surface area contributed by atoms with Gasteiger partial charge in [0.05, 0.1) is 30.1 Å². The number of benzene rings is 1. The van der Waals surface area contributed by atoms with Gasteiger partial charge in [-0.1, -0.05) is 6.42 Å². The van der Waals surface area contributed by atoms with E-state index < -0.39 is 16.6 Å². The van der Waals surface area contributed by atoms with E-state index in [4.69, 9.17) is 19.9 Å². The zero-order chi connectivity index (χ0) is 23.5. The van der Waals surface area contributed by atoms with E-state index in [9.17, 15) is 14.9 Å². The van der Waals surface area contributed by atoms with E-state index >= 15 is 0 Å². The summed E-state index contributed by atoms with van der Waals surface area (Å²) in [6.07, 6.45) is 5.41. The van der Waals surface area contributed by atoms with Gasteiger partial charge in [-0.05, 0) is 38.2 Å². The van der Waals surface area contributed by atoms with Crippen molar-refractivity contribution in [3.8, 4) is 11.5 Å². The summed E-state index contributed by atoms with van der Waals surface area (Å²) in [5.41, 5.74) is 6.77. The largest absolute Gasteiger partial charge is 0.493 e. The van der Waals surface area contributed by atoms with E-state index in [1.807, 2.05) is 0 Å². The minimum Gasteiger partial charge on any atom is -0.493 e. The highest BCUT2D eigenvalue weighted by Gasteiger charge is 2.26. The predicted molar refractivity (Wildman–Crippen MR) is 123 cm³/mol. The summed E-state index contributed by atoms with van der Waals surface area (Å²) in [5.74, 6) is 0.0682. The van der Waals surface area contributed by atoms with Gasteiger partial charge in [0.1, 0.15) is 16.2 Å². The first-order valence-electron chi connectivity index (χ1n) is 10.7. The van der Waals surface area contributed by atoms with Crippen molar-refractivity contribution in [3.63, 3.8) is 0 Å². The Morgan fingerprint density at radius 2 is 2.00 bits per heavy atom. The van der Waals surface area contributed by atoms with Crippen molar-refractivity contribution >= 4 is 39.0 Å². The molecule has 0 atom stereocenters. The summed E-state index contributed by atoms with van der Waals surface area (Å²) in [6, 6.07) is 2.39. The average molecular weight is 473 g/mol. The predicted octanol–water partition coefficient (Wildman–Crippen LogP) is 4.21. The van der Waals surface area contributed by atoms with Crippen molar-refractivity contribution in [2.24, 2.45) is 0 Å². The Morgan fingerprint density at radius 1 is 1.21 bits per heavy atom. The third kappa shape index (κ3) is 4.54. The van der Waals surface area contributed by atoms with E-state index in [1.54, 1.807) is 18.3 Å². The fourth-order valence-corrected chi connectivity index (χ4v) is 5.26. The van der Waals surface area contributed by atoms with Crippen LogP contribution in [0.3, 0.4) is 0 Å². The summed E-state index contributed by atoms with van der Waals surface area (Å²) in [6.45, 7) is 1.77. The number of nitrogens with zero attached hydrogens (tertiary/aromatic N) is 3. The van der Waals surface area contributed by atoms with Gasteiger partial charge in [0.15, 0.2) is 23.9 Å². The minimum atomic E-state index is -0.894. The molecule has 3 aromatic rings. The van der Waals surface area contributed by atoms with Crippen LogP contribution >= 0.6 is 11.3 Å². The van der Waals surface area contributed by atoms with Gasteiger partial charge in [-0.25, -0.2) is 14.8 Å². The molecule has 0 amide bonds. The molecule has 11 heteroatoms. The molecule has 1 aromatic carbocycles. The van der Waals surface area contributed by atoms with Crippen LogP contribution in [0.1, 0.15) is 52.8 Å². The molecule has 0 unspecified atom stereocenters. The lowest BCUT2D eigenvalue weighted by atomic mass is 10.1. The molecule has 4 rings (SSSR count). The first kappa shape index (κ1) is 22.7. The van der Waals surface area contributed by atoms with Crippen LogP contribution in [-0.4, -0.2) is 34.6 Å².